The molecule has 3 nitrogen and oxygen atoms in total. The molecule has 14 heavy (non-hydrogen) atoms. The highest BCUT2D eigenvalue weighted by Crippen LogP contribution is 2.31. The number of hydrogen-bond acceptors (Lipinski definition) is 3. The van der Waals surface area contributed by atoms with E-state index in [1.54, 1.807) is 6.08 Å². The van der Waals surface area contributed by atoms with E-state index < -0.39 is 0 Å². The van der Waals surface area contributed by atoms with Crippen molar-refractivity contribution in [2.75, 3.05) is 0 Å². The van der Waals surface area contributed by atoms with Crippen molar-refractivity contribution in [1.29, 1.82) is 0 Å². The third kappa shape index (κ3) is 1.35. The third-order valence-corrected chi connectivity index (χ3v) is 2.72. The third-order valence-electron chi connectivity index (χ3n) is 2.72. The van der Waals surface area contributed by atoms with Crippen molar-refractivity contribution in [3.8, 4) is 0 Å². The van der Waals surface area contributed by atoms with Gasteiger partial charge in [0.2, 0.25) is 0 Å². The summed E-state index contributed by atoms with van der Waals surface area (Å²) in [6.07, 6.45) is 6.78. The summed E-state index contributed by atoms with van der Waals surface area (Å²) in [5.74, 6) is 0.137. The fraction of sp³-hybridized carbons (Fsp3) is 0.364. The molecule has 3 heteroatoms. The number of hydrogen-bond donors (Lipinski definition) is 2. The second-order valence-corrected chi connectivity index (χ2v) is 3.72. The number of Topliss-reactive ketones (excluding diaryl/α,β-unsaturated/α-hetero) is 1. The zero-order valence-electron chi connectivity index (χ0n) is 8.05. The van der Waals surface area contributed by atoms with Crippen molar-refractivity contribution < 1.29 is 4.79 Å². The molecule has 2 rings (SSSR count). The lowest BCUT2D eigenvalue weighted by Crippen LogP contribution is -2.18. The summed E-state index contributed by atoms with van der Waals surface area (Å²) < 4.78 is 0. The minimum Gasteiger partial charge on any atom is -0.402 e. The van der Waals surface area contributed by atoms with Crippen molar-refractivity contribution >= 4 is 5.78 Å². The maximum atomic E-state index is 11.7. The van der Waals surface area contributed by atoms with Crippen LogP contribution in [-0.2, 0) is 4.79 Å². The lowest BCUT2D eigenvalue weighted by molar-refractivity contribution is -0.115. The standard InChI is InChI=1S/C11H14N2O/c12-8-4-2-5-9(13)11-7(8)3-1-6-10(11)14/h2,5H,1,3-4,6,12-13H2. The summed E-state index contributed by atoms with van der Waals surface area (Å²) in [7, 11) is 0. The van der Waals surface area contributed by atoms with Crippen molar-refractivity contribution in [3.63, 3.8) is 0 Å². The number of fused-ring (bicyclic) bond motifs is 1. The highest BCUT2D eigenvalue weighted by Gasteiger charge is 2.24. The summed E-state index contributed by atoms with van der Waals surface area (Å²) in [4.78, 5) is 11.7. The van der Waals surface area contributed by atoms with Crippen LogP contribution in [-0.4, -0.2) is 5.78 Å². The van der Waals surface area contributed by atoms with Crippen LogP contribution in [0.2, 0.25) is 0 Å². The van der Waals surface area contributed by atoms with Gasteiger partial charge in [0, 0.05) is 29.8 Å². The lowest BCUT2D eigenvalue weighted by atomic mass is 9.86. The van der Waals surface area contributed by atoms with E-state index >= 15 is 0 Å². The van der Waals surface area contributed by atoms with Gasteiger partial charge >= 0.3 is 0 Å². The molecule has 0 spiro atoms. The van der Waals surface area contributed by atoms with Gasteiger partial charge in [-0.2, -0.15) is 0 Å². The van der Waals surface area contributed by atoms with E-state index in [9.17, 15) is 4.79 Å². The fourth-order valence-electron chi connectivity index (χ4n) is 2.02. The zero-order chi connectivity index (χ0) is 10.1. The van der Waals surface area contributed by atoms with Gasteiger partial charge in [0.05, 0.1) is 0 Å². The Hall–Kier alpha value is -1.51. The van der Waals surface area contributed by atoms with Gasteiger partial charge in [0.25, 0.3) is 0 Å². The van der Waals surface area contributed by atoms with Crippen LogP contribution in [0, 0.1) is 0 Å². The SMILES string of the molecule is NC1=C2C(=O)CCCC2=C(N)CC=C1. The maximum Gasteiger partial charge on any atom is 0.165 e. The van der Waals surface area contributed by atoms with Gasteiger partial charge in [-0.3, -0.25) is 4.79 Å². The quantitative estimate of drug-likeness (QED) is 0.601. The molecule has 0 atom stereocenters. The molecule has 2 aliphatic rings. The molecule has 0 amide bonds. The Morgan fingerprint density at radius 2 is 2.00 bits per heavy atom. The Morgan fingerprint density at radius 1 is 1.21 bits per heavy atom. The summed E-state index contributed by atoms with van der Waals surface area (Å²) >= 11 is 0. The van der Waals surface area contributed by atoms with Gasteiger partial charge in [-0.1, -0.05) is 6.08 Å². The van der Waals surface area contributed by atoms with Crippen LogP contribution in [0.25, 0.3) is 0 Å². The Kier molecular flexibility index (Phi) is 2.15. The Balaban J connectivity index is 2.56. The van der Waals surface area contributed by atoms with Gasteiger partial charge in [0.1, 0.15) is 0 Å². The first-order valence-corrected chi connectivity index (χ1v) is 4.87. The number of ketones is 1. The Morgan fingerprint density at radius 3 is 2.79 bits per heavy atom. The molecule has 0 aromatic heterocycles. The first-order chi connectivity index (χ1) is 6.70. The van der Waals surface area contributed by atoms with Crippen molar-refractivity contribution in [2.45, 2.75) is 25.7 Å². The van der Waals surface area contributed by atoms with Gasteiger partial charge in [-0.05, 0) is 24.5 Å². The van der Waals surface area contributed by atoms with Crippen LogP contribution in [0.15, 0.2) is 34.7 Å². The highest BCUT2D eigenvalue weighted by molar-refractivity contribution is 6.01. The second-order valence-electron chi connectivity index (χ2n) is 3.72. The lowest BCUT2D eigenvalue weighted by Gasteiger charge is -2.19. The summed E-state index contributed by atoms with van der Waals surface area (Å²) in [6.45, 7) is 0. The number of nitrogens with two attached hydrogens (primary N) is 2. The minimum atomic E-state index is 0.137. The van der Waals surface area contributed by atoms with Crippen molar-refractivity contribution in [3.05, 3.63) is 34.7 Å². The van der Waals surface area contributed by atoms with Crippen molar-refractivity contribution in [2.24, 2.45) is 11.5 Å². The van der Waals surface area contributed by atoms with E-state index in [1.807, 2.05) is 6.08 Å². The molecule has 1 fully saturated rings. The molecule has 0 bridgehead atoms. The second kappa shape index (κ2) is 3.33. The monoisotopic (exact) mass is 190 g/mol. The number of carbonyl (C=O) groups is 1. The molecule has 1 saturated carbocycles. The van der Waals surface area contributed by atoms with E-state index in [1.165, 1.54) is 0 Å². The average molecular weight is 190 g/mol. The van der Waals surface area contributed by atoms with E-state index in [-0.39, 0.29) is 5.78 Å². The van der Waals surface area contributed by atoms with Crippen LogP contribution in [0.4, 0.5) is 0 Å². The molecule has 4 N–H and O–H groups in total. The van der Waals surface area contributed by atoms with Crippen LogP contribution >= 0.6 is 0 Å². The van der Waals surface area contributed by atoms with Crippen LogP contribution in [0.5, 0.6) is 0 Å². The minimum absolute atomic E-state index is 0.137. The van der Waals surface area contributed by atoms with Gasteiger partial charge < -0.3 is 11.5 Å². The molecular weight excluding hydrogens is 176 g/mol. The summed E-state index contributed by atoms with van der Waals surface area (Å²) in [6, 6.07) is 0. The molecule has 0 heterocycles. The maximum absolute atomic E-state index is 11.7. The number of carbonyl (C=O) groups excluding carboxylic acids is 1. The van der Waals surface area contributed by atoms with Gasteiger partial charge in [-0.25, -0.2) is 0 Å². The predicted octanol–water partition coefficient (Wildman–Crippen LogP) is 1.12. The normalized spacial score (nSPS) is 22.4. The van der Waals surface area contributed by atoms with Gasteiger partial charge in [-0.15, -0.1) is 0 Å². The molecular formula is C11H14N2O. The summed E-state index contributed by atoms with van der Waals surface area (Å²) in [5, 5.41) is 0. The van der Waals surface area contributed by atoms with Gasteiger partial charge in [0.15, 0.2) is 5.78 Å². The zero-order valence-corrected chi connectivity index (χ0v) is 8.05. The summed E-state index contributed by atoms with van der Waals surface area (Å²) in [5.41, 5.74) is 14.7. The fourth-order valence-corrected chi connectivity index (χ4v) is 2.02. The van der Waals surface area contributed by atoms with Crippen LogP contribution < -0.4 is 11.5 Å². The molecule has 0 aromatic carbocycles. The van der Waals surface area contributed by atoms with Crippen molar-refractivity contribution in [1.82, 2.24) is 0 Å². The molecule has 0 aliphatic heterocycles. The van der Waals surface area contributed by atoms with E-state index in [0.29, 0.717) is 24.1 Å². The first kappa shape index (κ1) is 9.06. The highest BCUT2D eigenvalue weighted by atomic mass is 16.1. The average Bonchev–Trinajstić information content (AvgIpc) is 2.29. The smallest absolute Gasteiger partial charge is 0.165 e. The predicted molar refractivity (Wildman–Crippen MR) is 55.0 cm³/mol. The number of allylic oxidation sites excluding steroid dienone is 4. The van der Waals surface area contributed by atoms with E-state index in [4.69, 9.17) is 11.5 Å². The van der Waals surface area contributed by atoms with Crippen LogP contribution in [0.1, 0.15) is 25.7 Å². The molecule has 0 saturated heterocycles. The number of rotatable bonds is 0. The topological polar surface area (TPSA) is 69.1 Å². The van der Waals surface area contributed by atoms with Crippen LogP contribution in [0.3, 0.4) is 0 Å². The molecule has 2 aliphatic carbocycles. The molecule has 0 unspecified atom stereocenters. The van der Waals surface area contributed by atoms with E-state index in [2.05, 4.69) is 0 Å². The first-order valence-electron chi connectivity index (χ1n) is 4.87. The Labute approximate surface area is 83.1 Å². The largest absolute Gasteiger partial charge is 0.402 e. The molecule has 0 radical (unpaired) electrons. The molecule has 74 valence electrons. The van der Waals surface area contributed by atoms with E-state index in [0.717, 1.165) is 24.1 Å². The molecule has 0 aromatic rings. The Bertz CT molecular complexity index is 375.